The van der Waals surface area contributed by atoms with Crippen molar-refractivity contribution in [3.63, 3.8) is 0 Å². The lowest BCUT2D eigenvalue weighted by molar-refractivity contribution is -0.265. The zero-order chi connectivity index (χ0) is 29.5. The highest BCUT2D eigenvalue weighted by atomic mass is 19.4. The van der Waals surface area contributed by atoms with Gasteiger partial charge in [0.15, 0.2) is 5.60 Å². The lowest BCUT2D eigenvalue weighted by atomic mass is 10.1. The highest BCUT2D eigenvalue weighted by Crippen LogP contribution is 2.34. The molecule has 1 atom stereocenters. The molecule has 2 aromatic heterocycles. The number of aromatic nitrogens is 4. The van der Waals surface area contributed by atoms with Gasteiger partial charge in [0, 0.05) is 18.8 Å². The second kappa shape index (κ2) is 10.7. The third-order valence-electron chi connectivity index (χ3n) is 6.47. The number of benzene rings is 1. The number of carbonyl (C=O) groups is 2. The van der Waals surface area contributed by atoms with Crippen LogP contribution in [-0.4, -0.2) is 74.0 Å². The number of H-pyrrole nitrogens is 1. The minimum absolute atomic E-state index is 0.103. The molecule has 218 valence electrons. The molecule has 0 spiro atoms. The van der Waals surface area contributed by atoms with Crippen LogP contribution in [0.1, 0.15) is 61.7 Å². The molecule has 4 rings (SSSR count). The number of ether oxygens (including phenoxy) is 1. The minimum atomic E-state index is -4.67. The van der Waals surface area contributed by atoms with Gasteiger partial charge in [-0.05, 0) is 51.5 Å². The number of nitrogens with zero attached hydrogens (tertiary/aromatic N) is 4. The lowest BCUT2D eigenvalue weighted by Crippen LogP contribution is -2.56. The van der Waals surface area contributed by atoms with E-state index in [9.17, 15) is 31.5 Å². The number of aromatic amines is 1. The van der Waals surface area contributed by atoms with Crippen molar-refractivity contribution in [1.29, 1.82) is 0 Å². The quantitative estimate of drug-likeness (QED) is 0.331. The van der Waals surface area contributed by atoms with E-state index in [0.717, 1.165) is 18.7 Å². The van der Waals surface area contributed by atoms with Crippen LogP contribution >= 0.6 is 0 Å². The van der Waals surface area contributed by atoms with Crippen LogP contribution in [0.2, 0.25) is 0 Å². The van der Waals surface area contributed by atoms with Crippen LogP contribution in [0.5, 0.6) is 0 Å². The summed E-state index contributed by atoms with van der Waals surface area (Å²) in [5.74, 6) is -3.54. The molecule has 0 radical (unpaired) electrons. The zero-order valence-electron chi connectivity index (χ0n) is 22.3. The zero-order valence-corrected chi connectivity index (χ0v) is 22.3. The van der Waals surface area contributed by atoms with E-state index >= 15 is 0 Å². The molecule has 10 nitrogen and oxygen atoms in total. The molecule has 3 heterocycles. The molecule has 0 unspecified atom stereocenters. The van der Waals surface area contributed by atoms with Crippen LogP contribution in [0.3, 0.4) is 0 Å². The second-order valence-electron chi connectivity index (χ2n) is 10.4. The number of rotatable bonds is 9. The van der Waals surface area contributed by atoms with Crippen LogP contribution in [0.15, 0.2) is 30.5 Å². The van der Waals surface area contributed by atoms with Crippen LogP contribution in [0, 0.1) is 0 Å². The fraction of sp³-hybridized carbons (Fsp3) is 0.520. The standard InChI is InChI=1S/C25H30F5N7O3/c1-14(2)37-19(7-8-32-37)21(38)35-18(11-40-23(3,4)25(28,29)30)20-33-16-6-5-15(9-17(16)34-20)10-36-13-24(26,27)12-31-22(36)39/h5-9,14,18H,10-13H2,1-4H3,(H,31,39)(H,33,34)(H,35,38)/t18-/m0/s1. The number of halogens is 5. The number of fused-ring (bicyclic) bond motifs is 1. The predicted molar refractivity (Wildman–Crippen MR) is 134 cm³/mol. The summed E-state index contributed by atoms with van der Waals surface area (Å²) in [6.07, 6.45) is -3.23. The van der Waals surface area contributed by atoms with E-state index in [1.54, 1.807) is 18.2 Å². The van der Waals surface area contributed by atoms with Gasteiger partial charge < -0.3 is 25.3 Å². The third kappa shape index (κ3) is 6.35. The normalized spacial score (nSPS) is 16.9. The molecule has 1 saturated heterocycles. The lowest BCUT2D eigenvalue weighted by Gasteiger charge is -2.33. The van der Waals surface area contributed by atoms with Gasteiger partial charge >= 0.3 is 12.2 Å². The molecule has 1 aliphatic heterocycles. The first kappa shape index (κ1) is 29.2. The summed E-state index contributed by atoms with van der Waals surface area (Å²) in [5, 5.41) is 8.95. The summed E-state index contributed by atoms with van der Waals surface area (Å²) in [5.41, 5.74) is -0.949. The van der Waals surface area contributed by atoms with Gasteiger partial charge in [-0.1, -0.05) is 6.07 Å². The van der Waals surface area contributed by atoms with Gasteiger partial charge in [-0.15, -0.1) is 0 Å². The Hall–Kier alpha value is -3.75. The first-order valence-corrected chi connectivity index (χ1v) is 12.5. The Morgan fingerprint density at radius 3 is 2.62 bits per heavy atom. The molecular weight excluding hydrogens is 541 g/mol. The van der Waals surface area contributed by atoms with E-state index in [-0.39, 0.29) is 24.1 Å². The number of alkyl halides is 5. The number of nitrogens with one attached hydrogen (secondary N) is 3. The highest BCUT2D eigenvalue weighted by Gasteiger charge is 2.49. The smallest absolute Gasteiger partial charge is 0.364 e. The number of hydrogen-bond donors (Lipinski definition) is 3. The average molecular weight is 572 g/mol. The van der Waals surface area contributed by atoms with Crippen molar-refractivity contribution in [2.24, 2.45) is 0 Å². The van der Waals surface area contributed by atoms with E-state index in [2.05, 4.69) is 25.7 Å². The molecule has 3 N–H and O–H groups in total. The van der Waals surface area contributed by atoms with E-state index < -0.39 is 55.4 Å². The van der Waals surface area contributed by atoms with Gasteiger partial charge in [0.05, 0.1) is 30.7 Å². The van der Waals surface area contributed by atoms with E-state index in [4.69, 9.17) is 4.74 Å². The summed E-state index contributed by atoms with van der Waals surface area (Å²) < 4.78 is 74.7. The second-order valence-corrected chi connectivity index (χ2v) is 10.4. The molecule has 0 aliphatic carbocycles. The van der Waals surface area contributed by atoms with Crippen molar-refractivity contribution < 1.29 is 36.3 Å². The van der Waals surface area contributed by atoms with E-state index in [1.807, 2.05) is 13.8 Å². The van der Waals surface area contributed by atoms with Crippen molar-refractivity contribution in [3.8, 4) is 0 Å². The summed E-state index contributed by atoms with van der Waals surface area (Å²) in [4.78, 5) is 33.6. The molecule has 0 saturated carbocycles. The van der Waals surface area contributed by atoms with E-state index in [1.165, 1.54) is 16.9 Å². The largest absolute Gasteiger partial charge is 0.416 e. The maximum atomic E-state index is 13.8. The van der Waals surface area contributed by atoms with Crippen LogP contribution in [0.25, 0.3) is 11.0 Å². The summed E-state index contributed by atoms with van der Waals surface area (Å²) in [7, 11) is 0. The maximum absolute atomic E-state index is 13.8. The molecule has 3 amide bonds. The van der Waals surface area contributed by atoms with Crippen LogP contribution < -0.4 is 10.6 Å². The summed E-state index contributed by atoms with van der Waals surface area (Å²) in [6, 6.07) is 4.37. The molecule has 15 heteroatoms. The first-order valence-electron chi connectivity index (χ1n) is 12.5. The van der Waals surface area contributed by atoms with Crippen LogP contribution in [-0.2, 0) is 11.3 Å². The van der Waals surface area contributed by atoms with Gasteiger partial charge in [-0.3, -0.25) is 9.48 Å². The van der Waals surface area contributed by atoms with Crippen molar-refractivity contribution >= 4 is 23.0 Å². The fourth-order valence-corrected chi connectivity index (χ4v) is 4.11. The SMILES string of the molecule is CC(C)n1nccc1C(=O)N[C@@H](COC(C)(C)C(F)(F)F)c1nc2ccc(CN3CC(F)(F)CNC3=O)cc2[nH]1. The number of hydrogen-bond acceptors (Lipinski definition) is 5. The Morgan fingerprint density at radius 1 is 1.23 bits per heavy atom. The first-order chi connectivity index (χ1) is 18.6. The molecule has 3 aromatic rings. The average Bonchev–Trinajstić information content (AvgIpc) is 3.50. The highest BCUT2D eigenvalue weighted by molar-refractivity contribution is 5.92. The Morgan fingerprint density at radius 2 is 1.95 bits per heavy atom. The summed E-state index contributed by atoms with van der Waals surface area (Å²) in [6.45, 7) is 3.26. The number of amides is 3. The van der Waals surface area contributed by atoms with Crippen LogP contribution in [0.4, 0.5) is 26.7 Å². The predicted octanol–water partition coefficient (Wildman–Crippen LogP) is 4.33. The monoisotopic (exact) mass is 571 g/mol. The van der Waals surface area contributed by atoms with Crippen molar-refractivity contribution in [3.05, 3.63) is 47.5 Å². The Balaban J connectivity index is 1.60. The van der Waals surface area contributed by atoms with Gasteiger partial charge in [0.25, 0.3) is 11.8 Å². The molecule has 40 heavy (non-hydrogen) atoms. The molecular formula is C25H30F5N7O3. The number of carbonyl (C=O) groups excluding carboxylic acids is 2. The molecule has 0 bridgehead atoms. The topological polar surface area (TPSA) is 117 Å². The number of urea groups is 1. The maximum Gasteiger partial charge on any atom is 0.416 e. The Bertz CT molecular complexity index is 1380. The van der Waals surface area contributed by atoms with Crippen molar-refractivity contribution in [2.75, 3.05) is 19.7 Å². The van der Waals surface area contributed by atoms with Gasteiger partial charge in [0.2, 0.25) is 0 Å². The van der Waals surface area contributed by atoms with E-state index in [0.29, 0.717) is 16.6 Å². The number of imidazole rings is 1. The van der Waals surface area contributed by atoms with Gasteiger partial charge in [-0.25, -0.2) is 18.6 Å². The molecule has 1 fully saturated rings. The van der Waals surface area contributed by atoms with Crippen molar-refractivity contribution in [1.82, 2.24) is 35.3 Å². The third-order valence-corrected chi connectivity index (χ3v) is 6.47. The fourth-order valence-electron chi connectivity index (χ4n) is 4.11. The summed E-state index contributed by atoms with van der Waals surface area (Å²) >= 11 is 0. The van der Waals surface area contributed by atoms with Crippen molar-refractivity contribution in [2.45, 2.75) is 64.0 Å². The minimum Gasteiger partial charge on any atom is -0.364 e. The Kier molecular flexibility index (Phi) is 7.80. The molecule has 1 aromatic carbocycles. The van der Waals surface area contributed by atoms with Gasteiger partial charge in [0.1, 0.15) is 17.6 Å². The molecule has 1 aliphatic rings. The Labute approximate surface area is 226 Å². The van der Waals surface area contributed by atoms with Gasteiger partial charge in [-0.2, -0.15) is 18.3 Å².